The number of carbonyl (C=O) groups is 2. The van der Waals surface area contributed by atoms with E-state index in [1.165, 1.54) is 0 Å². The summed E-state index contributed by atoms with van der Waals surface area (Å²) in [5, 5.41) is 0.866. The third kappa shape index (κ3) is 3.73. The molecule has 1 aliphatic rings. The van der Waals surface area contributed by atoms with Crippen LogP contribution >= 0.6 is 0 Å². The minimum atomic E-state index is -0.258. The predicted molar refractivity (Wildman–Crippen MR) is 117 cm³/mol. The zero-order chi connectivity index (χ0) is 21.3. The number of fused-ring (bicyclic) bond motifs is 1. The fraction of sp³-hybridized carbons (Fsp3) is 0.292. The molecule has 3 aromatic rings. The fourth-order valence-corrected chi connectivity index (χ4v) is 4.04. The Hall–Kier alpha value is -3.41. The van der Waals surface area contributed by atoms with Gasteiger partial charge in [-0.15, -0.1) is 0 Å². The molecular formula is C24H25N3O3. The van der Waals surface area contributed by atoms with Crippen molar-refractivity contribution in [3.63, 3.8) is 0 Å². The van der Waals surface area contributed by atoms with E-state index in [-0.39, 0.29) is 17.6 Å². The molecule has 0 aliphatic carbocycles. The van der Waals surface area contributed by atoms with Gasteiger partial charge in [0.2, 0.25) is 5.91 Å². The van der Waals surface area contributed by atoms with E-state index in [4.69, 9.17) is 10.5 Å². The first-order chi connectivity index (χ1) is 14.5. The fourth-order valence-electron chi connectivity index (χ4n) is 4.04. The van der Waals surface area contributed by atoms with Gasteiger partial charge < -0.3 is 15.4 Å². The maximum atomic E-state index is 13.4. The Kier molecular flexibility index (Phi) is 5.40. The van der Waals surface area contributed by atoms with Crippen molar-refractivity contribution < 1.29 is 14.3 Å². The lowest BCUT2D eigenvalue weighted by atomic mass is 9.93. The number of nitrogens with zero attached hydrogens (tertiary/aromatic N) is 2. The van der Waals surface area contributed by atoms with Crippen molar-refractivity contribution >= 4 is 28.3 Å². The van der Waals surface area contributed by atoms with Crippen molar-refractivity contribution in [3.8, 4) is 5.75 Å². The summed E-state index contributed by atoms with van der Waals surface area (Å²) in [5.41, 5.74) is 9.42. The Balaban J connectivity index is 1.83. The number of amides is 1. The quantitative estimate of drug-likeness (QED) is 0.659. The molecule has 0 atom stereocenters. The summed E-state index contributed by atoms with van der Waals surface area (Å²) in [7, 11) is 1.62. The topological polar surface area (TPSA) is 85.5 Å². The number of methoxy groups -OCH3 is 1. The second-order valence-electron chi connectivity index (χ2n) is 7.76. The smallest absolute Gasteiger partial charge is 0.220 e. The van der Waals surface area contributed by atoms with Crippen LogP contribution < -0.4 is 15.4 Å². The summed E-state index contributed by atoms with van der Waals surface area (Å²) in [6.07, 6.45) is 3.00. The third-order valence-corrected chi connectivity index (χ3v) is 5.82. The molecule has 0 spiro atoms. The van der Waals surface area contributed by atoms with Crippen LogP contribution in [0.5, 0.6) is 5.75 Å². The van der Waals surface area contributed by atoms with E-state index in [9.17, 15) is 9.59 Å². The number of nitrogens with two attached hydrogens (primary N) is 1. The van der Waals surface area contributed by atoms with Crippen LogP contribution in [0.4, 0.5) is 5.69 Å². The molecule has 1 aliphatic heterocycles. The molecule has 30 heavy (non-hydrogen) atoms. The number of ketones is 1. The number of aromatic nitrogens is 1. The highest BCUT2D eigenvalue weighted by atomic mass is 16.5. The van der Waals surface area contributed by atoms with Crippen molar-refractivity contribution in [2.75, 3.05) is 25.1 Å². The average Bonchev–Trinajstić information content (AvgIpc) is 2.78. The van der Waals surface area contributed by atoms with Gasteiger partial charge in [-0.25, -0.2) is 0 Å². The highest BCUT2D eigenvalue weighted by Crippen LogP contribution is 2.35. The second kappa shape index (κ2) is 8.14. The number of primary amides is 1. The Labute approximate surface area is 175 Å². The highest BCUT2D eigenvalue weighted by Gasteiger charge is 2.28. The van der Waals surface area contributed by atoms with E-state index >= 15 is 0 Å². The van der Waals surface area contributed by atoms with Crippen LogP contribution in [0.3, 0.4) is 0 Å². The van der Waals surface area contributed by atoms with E-state index in [1.54, 1.807) is 13.3 Å². The van der Waals surface area contributed by atoms with Crippen LogP contribution in [0.25, 0.3) is 10.9 Å². The van der Waals surface area contributed by atoms with Crippen LogP contribution in [-0.4, -0.2) is 36.9 Å². The Morgan fingerprint density at radius 1 is 1.10 bits per heavy atom. The molecule has 0 unspecified atom stereocenters. The third-order valence-electron chi connectivity index (χ3n) is 5.82. The van der Waals surface area contributed by atoms with Crippen molar-refractivity contribution in [2.24, 2.45) is 11.7 Å². The summed E-state index contributed by atoms with van der Waals surface area (Å²) >= 11 is 0. The van der Waals surface area contributed by atoms with Crippen molar-refractivity contribution in [2.45, 2.75) is 19.8 Å². The minimum absolute atomic E-state index is 0.0701. The molecule has 6 nitrogen and oxygen atoms in total. The molecule has 6 heteroatoms. The summed E-state index contributed by atoms with van der Waals surface area (Å²) < 4.78 is 5.42. The van der Waals surface area contributed by atoms with Crippen LogP contribution in [-0.2, 0) is 4.79 Å². The minimum Gasteiger partial charge on any atom is -0.497 e. The van der Waals surface area contributed by atoms with Gasteiger partial charge in [0.25, 0.3) is 0 Å². The van der Waals surface area contributed by atoms with Crippen LogP contribution in [0.15, 0.2) is 48.7 Å². The Morgan fingerprint density at radius 3 is 2.43 bits per heavy atom. The van der Waals surface area contributed by atoms with E-state index in [0.717, 1.165) is 22.2 Å². The first kappa shape index (κ1) is 19.9. The molecular weight excluding hydrogens is 378 g/mol. The van der Waals surface area contributed by atoms with Crippen LogP contribution in [0.1, 0.15) is 34.3 Å². The molecule has 1 saturated heterocycles. The Bertz CT molecular complexity index is 1100. The normalized spacial score (nSPS) is 14.7. The van der Waals surface area contributed by atoms with E-state index in [1.807, 2.05) is 49.4 Å². The number of anilines is 1. The van der Waals surface area contributed by atoms with E-state index in [2.05, 4.69) is 9.88 Å². The molecule has 0 radical (unpaired) electrons. The predicted octanol–water partition coefficient (Wildman–Crippen LogP) is 3.48. The van der Waals surface area contributed by atoms with Gasteiger partial charge in [-0.1, -0.05) is 29.8 Å². The van der Waals surface area contributed by atoms with Gasteiger partial charge in [-0.2, -0.15) is 0 Å². The maximum Gasteiger partial charge on any atom is 0.220 e. The van der Waals surface area contributed by atoms with Gasteiger partial charge in [-0.05, 0) is 38.0 Å². The molecule has 2 N–H and O–H groups in total. The highest BCUT2D eigenvalue weighted by molar-refractivity contribution is 6.16. The molecule has 1 aromatic heterocycles. The number of ether oxygens (including phenoxy) is 1. The largest absolute Gasteiger partial charge is 0.497 e. The first-order valence-electron chi connectivity index (χ1n) is 10.1. The lowest BCUT2D eigenvalue weighted by Gasteiger charge is -2.34. The van der Waals surface area contributed by atoms with Crippen molar-refractivity contribution in [1.82, 2.24) is 4.98 Å². The van der Waals surface area contributed by atoms with Crippen molar-refractivity contribution in [3.05, 3.63) is 65.4 Å². The number of rotatable bonds is 5. The van der Waals surface area contributed by atoms with Crippen molar-refractivity contribution in [1.29, 1.82) is 0 Å². The van der Waals surface area contributed by atoms with Crippen LogP contribution in [0, 0.1) is 12.8 Å². The van der Waals surface area contributed by atoms with Gasteiger partial charge in [-0.3, -0.25) is 14.6 Å². The van der Waals surface area contributed by atoms with Crippen LogP contribution in [0.2, 0.25) is 0 Å². The number of benzene rings is 2. The standard InChI is InChI=1S/C24H25N3O3/c1-15-3-5-16(6-4-15)23(28)20-14-26-21-8-7-18(30-2)13-19(21)22(20)27-11-9-17(10-12-27)24(25)29/h3-8,13-14,17H,9-12H2,1-2H3,(H2,25,29). The molecule has 2 heterocycles. The molecule has 4 rings (SSSR count). The van der Waals surface area contributed by atoms with Gasteiger partial charge in [0.1, 0.15) is 5.75 Å². The molecule has 1 fully saturated rings. The zero-order valence-electron chi connectivity index (χ0n) is 17.2. The number of hydrogen-bond donors (Lipinski definition) is 1. The number of pyridine rings is 1. The number of carbonyl (C=O) groups excluding carboxylic acids is 2. The molecule has 1 amide bonds. The molecule has 2 aromatic carbocycles. The number of aryl methyl sites for hydroxylation is 1. The molecule has 0 saturated carbocycles. The van der Waals surface area contributed by atoms with Gasteiger partial charge in [0.15, 0.2) is 5.78 Å². The summed E-state index contributed by atoms with van der Waals surface area (Å²) in [4.78, 5) is 31.7. The maximum absolute atomic E-state index is 13.4. The summed E-state index contributed by atoms with van der Waals surface area (Å²) in [6, 6.07) is 13.2. The summed E-state index contributed by atoms with van der Waals surface area (Å²) in [6.45, 7) is 3.29. The average molecular weight is 403 g/mol. The monoisotopic (exact) mass is 403 g/mol. The van der Waals surface area contributed by atoms with Gasteiger partial charge in [0.05, 0.1) is 23.9 Å². The number of hydrogen-bond acceptors (Lipinski definition) is 5. The van der Waals surface area contributed by atoms with E-state index < -0.39 is 0 Å². The van der Waals surface area contributed by atoms with Gasteiger partial charge >= 0.3 is 0 Å². The lowest BCUT2D eigenvalue weighted by Crippen LogP contribution is -2.39. The first-order valence-corrected chi connectivity index (χ1v) is 10.1. The molecule has 154 valence electrons. The zero-order valence-corrected chi connectivity index (χ0v) is 17.2. The number of piperidine rings is 1. The second-order valence-corrected chi connectivity index (χ2v) is 7.76. The van der Waals surface area contributed by atoms with E-state index in [0.29, 0.717) is 42.8 Å². The Morgan fingerprint density at radius 2 is 1.80 bits per heavy atom. The SMILES string of the molecule is COc1ccc2ncc(C(=O)c3ccc(C)cc3)c(N3CCC(C(N)=O)CC3)c2c1. The van der Waals surface area contributed by atoms with Gasteiger partial charge in [0, 0.05) is 36.2 Å². The lowest BCUT2D eigenvalue weighted by molar-refractivity contribution is -0.122. The molecule has 0 bridgehead atoms. The summed E-state index contributed by atoms with van der Waals surface area (Å²) in [5.74, 6) is 0.253.